The molecule has 0 unspecified atom stereocenters. The molecule has 0 radical (unpaired) electrons. The van der Waals surface area contributed by atoms with Gasteiger partial charge in [-0.05, 0) is 90.7 Å². The number of allylic oxidation sites excluding steroid dienone is 1. The number of aliphatic hydroxyl groups excluding tert-OH is 1. The fraction of sp³-hybridized carbons (Fsp3) is 0.895. The van der Waals surface area contributed by atoms with Crippen LogP contribution in [0, 0.1) is 28.6 Å². The number of aliphatic hydroxyl groups is 1. The summed E-state index contributed by atoms with van der Waals surface area (Å²) in [5, 5.41) is 10.1. The minimum absolute atomic E-state index is 0.0881. The summed E-state index contributed by atoms with van der Waals surface area (Å²) in [6.45, 7) is 5.02. The standard InChI is InChI=1S/C19H27IO2/c1-17-7-5-12(21)9-11(17)3-4-13-14(17)6-8-18(2)15(13)10-16-19(18,20)22-16/h3,12-16,21H,4-10H2,1-2H3/t12-,13+,14-,15-,16+,17-,18-,19+/m0/s1. The van der Waals surface area contributed by atoms with Crippen molar-refractivity contribution in [2.75, 3.05) is 0 Å². The van der Waals surface area contributed by atoms with Crippen LogP contribution in [0.5, 0.6) is 0 Å². The van der Waals surface area contributed by atoms with Gasteiger partial charge in [0, 0.05) is 5.41 Å². The second-order valence-electron chi connectivity index (χ2n) is 9.10. The summed E-state index contributed by atoms with van der Waals surface area (Å²) in [5.74, 6) is 2.55. The second kappa shape index (κ2) is 4.32. The lowest BCUT2D eigenvalue weighted by molar-refractivity contribution is -0.0637. The fourth-order valence-electron chi connectivity index (χ4n) is 6.93. The molecule has 122 valence electrons. The van der Waals surface area contributed by atoms with Gasteiger partial charge >= 0.3 is 0 Å². The number of hydrogen-bond acceptors (Lipinski definition) is 2. The molecule has 1 aliphatic heterocycles. The first-order valence-electron chi connectivity index (χ1n) is 9.13. The molecule has 1 saturated heterocycles. The molecule has 3 saturated carbocycles. The molecule has 3 heteroatoms. The number of epoxide rings is 1. The largest absolute Gasteiger partial charge is 0.393 e. The normalized spacial score (nSPS) is 62.4. The molecular weight excluding hydrogens is 387 g/mol. The molecule has 8 atom stereocenters. The Kier molecular flexibility index (Phi) is 2.89. The third-order valence-electron chi connectivity index (χ3n) is 8.38. The minimum atomic E-state index is -0.0881. The van der Waals surface area contributed by atoms with Gasteiger partial charge in [0.2, 0.25) is 0 Å². The first-order valence-corrected chi connectivity index (χ1v) is 10.2. The lowest BCUT2D eigenvalue weighted by Gasteiger charge is -2.58. The highest BCUT2D eigenvalue weighted by Crippen LogP contribution is 2.75. The number of hydrogen-bond donors (Lipinski definition) is 1. The summed E-state index contributed by atoms with van der Waals surface area (Å²) in [6.07, 6.45) is 11.4. The maximum Gasteiger partial charge on any atom is 0.151 e. The van der Waals surface area contributed by atoms with E-state index in [1.54, 1.807) is 5.57 Å². The lowest BCUT2D eigenvalue weighted by Crippen LogP contribution is -2.51. The van der Waals surface area contributed by atoms with Gasteiger partial charge in [-0.25, -0.2) is 0 Å². The zero-order valence-corrected chi connectivity index (χ0v) is 15.8. The van der Waals surface area contributed by atoms with E-state index >= 15 is 0 Å². The SMILES string of the molecule is C[C@]12CC[C@H](O)CC1=CC[C@@H]1[C@@H]2CC[C@@]2(C)[C@H]1C[C@H]1O[C@]12I. The predicted molar refractivity (Wildman–Crippen MR) is 94.7 cm³/mol. The number of fused-ring (bicyclic) bond motifs is 7. The van der Waals surface area contributed by atoms with E-state index in [1.807, 2.05) is 0 Å². The molecule has 1 heterocycles. The van der Waals surface area contributed by atoms with Gasteiger partial charge in [0.1, 0.15) is 0 Å². The molecule has 0 aromatic heterocycles. The van der Waals surface area contributed by atoms with Crippen molar-refractivity contribution in [2.45, 2.75) is 74.6 Å². The molecule has 0 aromatic carbocycles. The van der Waals surface area contributed by atoms with E-state index in [9.17, 15) is 5.11 Å². The van der Waals surface area contributed by atoms with Crippen molar-refractivity contribution in [3.8, 4) is 0 Å². The molecule has 5 rings (SSSR count). The van der Waals surface area contributed by atoms with Crippen LogP contribution in [0.25, 0.3) is 0 Å². The Bertz CT molecular complexity index is 560. The second-order valence-corrected chi connectivity index (χ2v) is 10.7. The maximum atomic E-state index is 10.1. The Morgan fingerprint density at radius 2 is 2.05 bits per heavy atom. The van der Waals surface area contributed by atoms with Crippen LogP contribution >= 0.6 is 22.6 Å². The Hall–Kier alpha value is 0.390. The summed E-state index contributed by atoms with van der Waals surface area (Å²) in [4.78, 5) is 0. The van der Waals surface area contributed by atoms with Crippen molar-refractivity contribution in [3.63, 3.8) is 0 Å². The van der Waals surface area contributed by atoms with Crippen molar-refractivity contribution in [1.82, 2.24) is 0 Å². The Balaban J connectivity index is 1.51. The molecule has 0 spiro atoms. The summed E-state index contributed by atoms with van der Waals surface area (Å²) < 4.78 is 6.24. The van der Waals surface area contributed by atoms with E-state index in [4.69, 9.17) is 4.74 Å². The Morgan fingerprint density at radius 1 is 1.23 bits per heavy atom. The molecule has 4 fully saturated rings. The third-order valence-corrected chi connectivity index (χ3v) is 10.6. The van der Waals surface area contributed by atoms with E-state index < -0.39 is 0 Å². The van der Waals surface area contributed by atoms with E-state index in [0.717, 1.165) is 30.6 Å². The van der Waals surface area contributed by atoms with Gasteiger partial charge in [-0.2, -0.15) is 0 Å². The van der Waals surface area contributed by atoms with E-state index in [1.165, 1.54) is 32.1 Å². The van der Waals surface area contributed by atoms with Crippen LogP contribution in [0.4, 0.5) is 0 Å². The smallest absolute Gasteiger partial charge is 0.151 e. The van der Waals surface area contributed by atoms with E-state index in [2.05, 4.69) is 42.5 Å². The van der Waals surface area contributed by atoms with Crippen LogP contribution in [-0.2, 0) is 4.74 Å². The topological polar surface area (TPSA) is 32.8 Å². The van der Waals surface area contributed by atoms with Crippen molar-refractivity contribution in [2.24, 2.45) is 28.6 Å². The maximum absolute atomic E-state index is 10.1. The quantitative estimate of drug-likeness (QED) is 0.275. The summed E-state index contributed by atoms with van der Waals surface area (Å²) in [6, 6.07) is 0. The van der Waals surface area contributed by atoms with Crippen LogP contribution in [0.15, 0.2) is 11.6 Å². The predicted octanol–water partition coefficient (Wildman–Crippen LogP) is 4.45. The van der Waals surface area contributed by atoms with Crippen LogP contribution < -0.4 is 0 Å². The monoisotopic (exact) mass is 414 g/mol. The lowest BCUT2D eigenvalue weighted by atomic mass is 9.48. The van der Waals surface area contributed by atoms with Crippen molar-refractivity contribution in [1.29, 1.82) is 0 Å². The zero-order valence-electron chi connectivity index (χ0n) is 13.6. The molecule has 1 N–H and O–H groups in total. The summed E-state index contributed by atoms with van der Waals surface area (Å²) in [7, 11) is 0. The van der Waals surface area contributed by atoms with Crippen molar-refractivity contribution in [3.05, 3.63) is 11.6 Å². The van der Waals surface area contributed by atoms with E-state index in [0.29, 0.717) is 16.9 Å². The highest BCUT2D eigenvalue weighted by Gasteiger charge is 2.76. The van der Waals surface area contributed by atoms with E-state index in [-0.39, 0.29) is 9.71 Å². The van der Waals surface area contributed by atoms with Crippen molar-refractivity contribution < 1.29 is 9.84 Å². The third kappa shape index (κ3) is 1.59. The van der Waals surface area contributed by atoms with Crippen LogP contribution in [0.1, 0.15) is 58.8 Å². The zero-order chi connectivity index (χ0) is 15.3. The molecule has 5 aliphatic rings. The average molecular weight is 414 g/mol. The van der Waals surface area contributed by atoms with Gasteiger partial charge in [0.15, 0.2) is 3.61 Å². The highest BCUT2D eigenvalue weighted by atomic mass is 127. The van der Waals surface area contributed by atoms with Crippen molar-refractivity contribution >= 4 is 22.6 Å². The van der Waals surface area contributed by atoms with Crippen LogP contribution in [0.2, 0.25) is 0 Å². The van der Waals surface area contributed by atoms with Crippen LogP contribution in [-0.4, -0.2) is 20.9 Å². The van der Waals surface area contributed by atoms with Gasteiger partial charge in [-0.3, -0.25) is 0 Å². The van der Waals surface area contributed by atoms with Gasteiger partial charge in [0.25, 0.3) is 0 Å². The number of ether oxygens (including phenoxy) is 1. The first kappa shape index (κ1) is 14.7. The summed E-state index contributed by atoms with van der Waals surface area (Å²) in [5.41, 5.74) is 2.35. The molecule has 0 amide bonds. The Morgan fingerprint density at radius 3 is 2.86 bits per heavy atom. The summed E-state index contributed by atoms with van der Waals surface area (Å²) >= 11 is 2.63. The molecule has 4 aliphatic carbocycles. The Labute approximate surface area is 147 Å². The van der Waals surface area contributed by atoms with Gasteiger partial charge in [-0.1, -0.05) is 25.5 Å². The van der Waals surface area contributed by atoms with Gasteiger partial charge in [-0.15, -0.1) is 0 Å². The number of alkyl halides is 1. The minimum Gasteiger partial charge on any atom is -0.393 e. The molecule has 0 aromatic rings. The van der Waals surface area contributed by atoms with Gasteiger partial charge in [0.05, 0.1) is 12.2 Å². The fourth-order valence-corrected chi connectivity index (χ4v) is 8.16. The van der Waals surface area contributed by atoms with Crippen LogP contribution in [0.3, 0.4) is 0 Å². The molecular formula is C19H27IO2. The molecule has 22 heavy (non-hydrogen) atoms. The molecule has 2 nitrogen and oxygen atoms in total. The molecule has 0 bridgehead atoms. The number of rotatable bonds is 0. The average Bonchev–Trinajstić information content (AvgIpc) is 3.09. The number of halogens is 1. The van der Waals surface area contributed by atoms with Gasteiger partial charge < -0.3 is 9.84 Å². The first-order chi connectivity index (χ1) is 10.4. The highest BCUT2D eigenvalue weighted by molar-refractivity contribution is 14.1.